The summed E-state index contributed by atoms with van der Waals surface area (Å²) in [7, 11) is 0. The van der Waals surface area contributed by atoms with E-state index in [2.05, 4.69) is 5.32 Å². The number of nitrogens with two attached hydrogens (primary N) is 1. The maximum absolute atomic E-state index is 11.5. The van der Waals surface area contributed by atoms with Crippen molar-refractivity contribution in [1.82, 2.24) is 5.32 Å². The van der Waals surface area contributed by atoms with Crippen LogP contribution >= 0.6 is 0 Å². The van der Waals surface area contributed by atoms with E-state index in [0.717, 1.165) is 18.9 Å². The maximum atomic E-state index is 11.5. The van der Waals surface area contributed by atoms with Gasteiger partial charge in [-0.2, -0.15) is 0 Å². The fourth-order valence-corrected chi connectivity index (χ4v) is 1.77. The molecule has 1 aliphatic carbocycles. The van der Waals surface area contributed by atoms with Gasteiger partial charge in [0.2, 0.25) is 5.91 Å². The van der Waals surface area contributed by atoms with Crippen LogP contribution < -0.4 is 11.1 Å². The number of amides is 1. The van der Waals surface area contributed by atoms with Crippen LogP contribution in [0.15, 0.2) is 0 Å². The van der Waals surface area contributed by atoms with Crippen molar-refractivity contribution < 1.29 is 4.79 Å². The summed E-state index contributed by atoms with van der Waals surface area (Å²) in [5, 5.41) is 2.98. The molecule has 1 rings (SSSR count). The Labute approximate surface area is 92.8 Å². The number of rotatable bonds is 6. The van der Waals surface area contributed by atoms with E-state index in [4.69, 9.17) is 5.73 Å². The van der Waals surface area contributed by atoms with Crippen molar-refractivity contribution in [3.63, 3.8) is 0 Å². The van der Waals surface area contributed by atoms with Gasteiger partial charge >= 0.3 is 0 Å². The van der Waals surface area contributed by atoms with Crippen LogP contribution in [0.25, 0.3) is 0 Å². The van der Waals surface area contributed by atoms with Crippen LogP contribution in [0.2, 0.25) is 0 Å². The molecule has 0 radical (unpaired) electrons. The highest BCUT2D eigenvalue weighted by Gasteiger charge is 2.21. The lowest BCUT2D eigenvalue weighted by Gasteiger charge is -2.26. The summed E-state index contributed by atoms with van der Waals surface area (Å²) in [6, 6.07) is 0. The summed E-state index contributed by atoms with van der Waals surface area (Å²) in [5.74, 6) is 1.01. The minimum absolute atomic E-state index is 0.0689. The maximum Gasteiger partial charge on any atom is 0.220 e. The largest absolute Gasteiger partial charge is 0.356 e. The van der Waals surface area contributed by atoms with E-state index >= 15 is 0 Å². The normalized spacial score (nSPS) is 17.3. The zero-order chi connectivity index (χ0) is 11.3. The van der Waals surface area contributed by atoms with Gasteiger partial charge in [-0.05, 0) is 24.3 Å². The van der Waals surface area contributed by atoms with Crippen molar-refractivity contribution in [2.75, 3.05) is 13.1 Å². The molecule has 1 fully saturated rings. The first kappa shape index (κ1) is 12.5. The van der Waals surface area contributed by atoms with E-state index in [-0.39, 0.29) is 11.3 Å². The van der Waals surface area contributed by atoms with Gasteiger partial charge in [-0.3, -0.25) is 4.79 Å². The average Bonchev–Trinajstić information content (AvgIpc) is 2.09. The molecule has 0 unspecified atom stereocenters. The molecule has 0 aliphatic heterocycles. The van der Waals surface area contributed by atoms with Crippen LogP contribution in [0.5, 0.6) is 0 Å². The van der Waals surface area contributed by atoms with Crippen LogP contribution in [0.4, 0.5) is 0 Å². The summed E-state index contributed by atoms with van der Waals surface area (Å²) in [6.45, 7) is 5.45. The Morgan fingerprint density at radius 3 is 2.60 bits per heavy atom. The Morgan fingerprint density at radius 1 is 1.47 bits per heavy atom. The number of hydrogen-bond donors (Lipinski definition) is 2. The fourth-order valence-electron chi connectivity index (χ4n) is 1.77. The van der Waals surface area contributed by atoms with Gasteiger partial charge in [0, 0.05) is 13.0 Å². The minimum atomic E-state index is -0.0689. The molecule has 3 heteroatoms. The van der Waals surface area contributed by atoms with Gasteiger partial charge in [0.1, 0.15) is 0 Å². The molecule has 1 saturated carbocycles. The molecule has 1 amide bonds. The van der Waals surface area contributed by atoms with Crippen LogP contribution in [-0.2, 0) is 4.79 Å². The highest BCUT2D eigenvalue weighted by atomic mass is 16.1. The van der Waals surface area contributed by atoms with Gasteiger partial charge in [-0.25, -0.2) is 0 Å². The van der Waals surface area contributed by atoms with E-state index in [1.54, 1.807) is 0 Å². The highest BCUT2D eigenvalue weighted by Crippen LogP contribution is 2.28. The Hall–Kier alpha value is -0.570. The highest BCUT2D eigenvalue weighted by molar-refractivity contribution is 5.76. The smallest absolute Gasteiger partial charge is 0.220 e. The second kappa shape index (κ2) is 5.50. The first-order valence-electron chi connectivity index (χ1n) is 6.00. The molecule has 0 aromatic carbocycles. The molecule has 0 atom stereocenters. The quantitative estimate of drug-likeness (QED) is 0.703. The second-order valence-corrected chi connectivity index (χ2v) is 5.48. The third kappa shape index (κ3) is 4.65. The molecule has 0 aromatic rings. The topological polar surface area (TPSA) is 55.1 Å². The molecular formula is C12H24N2O. The first-order chi connectivity index (χ1) is 7.03. The van der Waals surface area contributed by atoms with Crippen molar-refractivity contribution in [3.05, 3.63) is 0 Å². The molecular weight excluding hydrogens is 188 g/mol. The average molecular weight is 212 g/mol. The van der Waals surface area contributed by atoms with E-state index in [1.165, 1.54) is 19.3 Å². The summed E-state index contributed by atoms with van der Waals surface area (Å²) >= 11 is 0. The van der Waals surface area contributed by atoms with E-state index in [0.29, 0.717) is 13.0 Å². The first-order valence-corrected chi connectivity index (χ1v) is 6.00. The van der Waals surface area contributed by atoms with Crippen molar-refractivity contribution in [2.45, 2.75) is 46.0 Å². The standard InChI is InChI=1S/C12H24N2O/c1-12(2,9-13)8-11(15)14-7-6-10-4-3-5-10/h10H,3-9,13H2,1-2H3,(H,14,15). The summed E-state index contributed by atoms with van der Waals surface area (Å²) in [6.07, 6.45) is 5.76. The number of nitrogens with one attached hydrogen (secondary N) is 1. The Morgan fingerprint density at radius 2 is 2.13 bits per heavy atom. The Kier molecular flexibility index (Phi) is 4.58. The number of carbonyl (C=O) groups excluding carboxylic acids is 1. The summed E-state index contributed by atoms with van der Waals surface area (Å²) in [5.41, 5.74) is 5.51. The Balaban J connectivity index is 2.07. The lowest BCUT2D eigenvalue weighted by molar-refractivity contribution is -0.122. The molecule has 88 valence electrons. The SMILES string of the molecule is CC(C)(CN)CC(=O)NCCC1CCC1. The van der Waals surface area contributed by atoms with Gasteiger partial charge in [0.05, 0.1) is 0 Å². The van der Waals surface area contributed by atoms with Crippen molar-refractivity contribution >= 4 is 5.91 Å². The predicted octanol–water partition coefficient (Wildman–Crippen LogP) is 1.67. The van der Waals surface area contributed by atoms with Gasteiger partial charge < -0.3 is 11.1 Å². The number of carbonyl (C=O) groups is 1. The zero-order valence-corrected chi connectivity index (χ0v) is 10.0. The minimum Gasteiger partial charge on any atom is -0.356 e. The molecule has 0 bridgehead atoms. The van der Waals surface area contributed by atoms with Crippen LogP contribution in [0, 0.1) is 11.3 Å². The molecule has 3 N–H and O–H groups in total. The Bertz CT molecular complexity index is 210. The van der Waals surface area contributed by atoms with Gasteiger partial charge in [-0.1, -0.05) is 33.1 Å². The van der Waals surface area contributed by atoms with E-state index in [1.807, 2.05) is 13.8 Å². The predicted molar refractivity (Wildman–Crippen MR) is 62.4 cm³/mol. The van der Waals surface area contributed by atoms with E-state index in [9.17, 15) is 4.79 Å². The molecule has 0 spiro atoms. The van der Waals surface area contributed by atoms with Crippen molar-refractivity contribution in [1.29, 1.82) is 0 Å². The van der Waals surface area contributed by atoms with Gasteiger partial charge in [0.25, 0.3) is 0 Å². The fraction of sp³-hybridized carbons (Fsp3) is 0.917. The van der Waals surface area contributed by atoms with E-state index < -0.39 is 0 Å². The molecule has 15 heavy (non-hydrogen) atoms. The molecule has 0 heterocycles. The monoisotopic (exact) mass is 212 g/mol. The van der Waals surface area contributed by atoms with Crippen LogP contribution in [-0.4, -0.2) is 19.0 Å². The lowest BCUT2D eigenvalue weighted by atomic mass is 9.83. The van der Waals surface area contributed by atoms with Crippen molar-refractivity contribution in [3.8, 4) is 0 Å². The molecule has 0 saturated heterocycles. The second-order valence-electron chi connectivity index (χ2n) is 5.48. The lowest BCUT2D eigenvalue weighted by Crippen LogP contribution is -2.34. The third-order valence-electron chi connectivity index (χ3n) is 3.29. The molecule has 1 aliphatic rings. The van der Waals surface area contributed by atoms with Gasteiger partial charge in [-0.15, -0.1) is 0 Å². The van der Waals surface area contributed by atoms with Crippen LogP contribution in [0.3, 0.4) is 0 Å². The molecule has 0 aromatic heterocycles. The third-order valence-corrected chi connectivity index (χ3v) is 3.29. The number of hydrogen-bond acceptors (Lipinski definition) is 2. The zero-order valence-electron chi connectivity index (χ0n) is 10.0. The van der Waals surface area contributed by atoms with Gasteiger partial charge in [0.15, 0.2) is 0 Å². The summed E-state index contributed by atoms with van der Waals surface area (Å²) in [4.78, 5) is 11.5. The summed E-state index contributed by atoms with van der Waals surface area (Å²) < 4.78 is 0. The molecule has 3 nitrogen and oxygen atoms in total. The van der Waals surface area contributed by atoms with Crippen molar-refractivity contribution in [2.24, 2.45) is 17.1 Å². The van der Waals surface area contributed by atoms with Crippen LogP contribution in [0.1, 0.15) is 46.0 Å².